The van der Waals surface area contributed by atoms with E-state index in [1.807, 2.05) is 6.92 Å². The number of carbonyl (C=O) groups is 3. The Labute approximate surface area is 224 Å². The molecule has 1 fully saturated rings. The third kappa shape index (κ3) is 6.86. The van der Waals surface area contributed by atoms with E-state index in [0.717, 1.165) is 0 Å². The topological polar surface area (TPSA) is 135 Å². The summed E-state index contributed by atoms with van der Waals surface area (Å²) in [5.74, 6) is -1.37. The first-order chi connectivity index (χ1) is 18.7. The van der Waals surface area contributed by atoms with Crippen molar-refractivity contribution < 1.29 is 23.3 Å². The fourth-order valence-electron chi connectivity index (χ4n) is 4.54. The van der Waals surface area contributed by atoms with Gasteiger partial charge in [-0.15, -0.1) is 0 Å². The molecule has 4 rings (SSSR count). The van der Waals surface area contributed by atoms with E-state index in [1.54, 1.807) is 37.3 Å². The predicted molar refractivity (Wildman–Crippen MR) is 142 cm³/mol. The zero-order chi connectivity index (χ0) is 27.9. The largest absolute Gasteiger partial charge is 0.361 e. The Morgan fingerprint density at radius 2 is 2.03 bits per heavy atom. The molecule has 11 heteroatoms. The summed E-state index contributed by atoms with van der Waals surface area (Å²) in [5, 5.41) is 12.0. The number of nitrogens with one attached hydrogen (secondary N) is 3. The van der Waals surface area contributed by atoms with Crippen LogP contribution in [0.3, 0.4) is 0 Å². The highest BCUT2D eigenvalue weighted by molar-refractivity contribution is 6.02. The standard InChI is InChI=1S/C28H30FN5O5/c1-3-5-21(16-19-11-12-30-25(19)35)31-27(37)24(15-18-7-9-20(29)10-8-18)34-13-4-6-22(28(34)38)32-26(36)23-14-17(2)39-33-23/h3-10,13-14,19,21,24H,11-12,15-16H2,1-2H3,(H,30,35)(H,31,37)(H,32,36)/b5-3+/t19-,21+,24-/m0/s1. The molecule has 1 aliphatic rings. The Morgan fingerprint density at radius 1 is 1.26 bits per heavy atom. The zero-order valence-electron chi connectivity index (χ0n) is 21.6. The molecule has 39 heavy (non-hydrogen) atoms. The average molecular weight is 536 g/mol. The van der Waals surface area contributed by atoms with Gasteiger partial charge in [-0.1, -0.05) is 29.4 Å². The summed E-state index contributed by atoms with van der Waals surface area (Å²) >= 11 is 0. The average Bonchev–Trinajstić information content (AvgIpc) is 3.53. The van der Waals surface area contributed by atoms with E-state index in [-0.39, 0.29) is 29.6 Å². The number of aryl methyl sites for hydroxylation is 1. The maximum Gasteiger partial charge on any atom is 0.278 e. The van der Waals surface area contributed by atoms with E-state index >= 15 is 0 Å². The van der Waals surface area contributed by atoms with Crippen molar-refractivity contribution in [2.24, 2.45) is 5.92 Å². The number of hydrogen-bond acceptors (Lipinski definition) is 6. The van der Waals surface area contributed by atoms with Gasteiger partial charge in [0.15, 0.2) is 5.69 Å². The monoisotopic (exact) mass is 535 g/mol. The number of nitrogens with zero attached hydrogens (tertiary/aromatic N) is 2. The van der Waals surface area contributed by atoms with Crippen LogP contribution in [0.2, 0.25) is 0 Å². The fraction of sp³-hybridized carbons (Fsp3) is 0.321. The third-order valence-electron chi connectivity index (χ3n) is 6.52. The molecular formula is C28H30FN5O5. The molecule has 1 aromatic carbocycles. The number of rotatable bonds is 10. The van der Waals surface area contributed by atoms with E-state index < -0.39 is 35.3 Å². The number of hydrogen-bond donors (Lipinski definition) is 3. The third-order valence-corrected chi connectivity index (χ3v) is 6.52. The highest BCUT2D eigenvalue weighted by atomic mass is 19.1. The molecule has 3 aromatic rings. The lowest BCUT2D eigenvalue weighted by Gasteiger charge is -2.24. The molecule has 0 unspecified atom stereocenters. The number of carbonyl (C=O) groups excluding carboxylic acids is 3. The number of benzene rings is 1. The van der Waals surface area contributed by atoms with Crippen molar-refractivity contribution in [2.75, 3.05) is 11.9 Å². The minimum atomic E-state index is -1.03. The van der Waals surface area contributed by atoms with Crippen LogP contribution in [0.4, 0.5) is 10.1 Å². The van der Waals surface area contributed by atoms with Gasteiger partial charge in [-0.05, 0) is 56.5 Å². The van der Waals surface area contributed by atoms with Crippen LogP contribution in [0.25, 0.3) is 0 Å². The van der Waals surface area contributed by atoms with Gasteiger partial charge in [0.05, 0.1) is 0 Å². The van der Waals surface area contributed by atoms with Gasteiger partial charge in [0.25, 0.3) is 11.5 Å². The van der Waals surface area contributed by atoms with Crippen molar-refractivity contribution in [1.82, 2.24) is 20.4 Å². The van der Waals surface area contributed by atoms with Crippen LogP contribution in [0, 0.1) is 18.7 Å². The normalized spacial score (nSPS) is 16.6. The second-order valence-corrected chi connectivity index (χ2v) is 9.41. The van der Waals surface area contributed by atoms with Crippen LogP contribution >= 0.6 is 0 Å². The lowest BCUT2D eigenvalue weighted by Crippen LogP contribution is -2.43. The minimum Gasteiger partial charge on any atom is -0.361 e. The summed E-state index contributed by atoms with van der Waals surface area (Å²) in [5.41, 5.74) is -0.0134. The number of anilines is 1. The summed E-state index contributed by atoms with van der Waals surface area (Å²) in [7, 11) is 0. The molecule has 3 heterocycles. The van der Waals surface area contributed by atoms with Crippen molar-refractivity contribution in [3.8, 4) is 0 Å². The molecule has 0 spiro atoms. The molecule has 3 N–H and O–H groups in total. The summed E-state index contributed by atoms with van der Waals surface area (Å²) in [6.07, 6.45) is 6.22. The van der Waals surface area contributed by atoms with Crippen molar-refractivity contribution >= 4 is 23.4 Å². The summed E-state index contributed by atoms with van der Waals surface area (Å²) in [4.78, 5) is 51.9. The van der Waals surface area contributed by atoms with Gasteiger partial charge in [-0.25, -0.2) is 4.39 Å². The molecule has 0 bridgehead atoms. The Bertz CT molecular complexity index is 1430. The number of aromatic nitrogens is 2. The van der Waals surface area contributed by atoms with Crippen LogP contribution in [-0.4, -0.2) is 40.0 Å². The molecule has 10 nitrogen and oxygen atoms in total. The Morgan fingerprint density at radius 3 is 2.67 bits per heavy atom. The highest BCUT2D eigenvalue weighted by Crippen LogP contribution is 2.20. The van der Waals surface area contributed by atoms with Gasteiger partial charge >= 0.3 is 0 Å². The summed E-state index contributed by atoms with van der Waals surface area (Å²) in [6.45, 7) is 4.05. The van der Waals surface area contributed by atoms with E-state index in [4.69, 9.17) is 4.52 Å². The Hall–Kier alpha value is -4.54. The molecule has 1 aliphatic heterocycles. The van der Waals surface area contributed by atoms with Gasteiger partial charge in [0.1, 0.15) is 23.3 Å². The molecule has 0 saturated carbocycles. The lowest BCUT2D eigenvalue weighted by molar-refractivity contribution is -0.126. The lowest BCUT2D eigenvalue weighted by atomic mass is 9.97. The quantitative estimate of drug-likeness (QED) is 0.342. The van der Waals surface area contributed by atoms with E-state index in [1.165, 1.54) is 35.0 Å². The SMILES string of the molecule is C/C=C/[C@H](C[C@@H]1CCNC1=O)NC(=O)[C@H](Cc1ccc(F)cc1)n1cccc(NC(=O)c2cc(C)on2)c1=O. The van der Waals surface area contributed by atoms with Gasteiger partial charge in [0, 0.05) is 37.2 Å². The molecule has 0 radical (unpaired) electrons. The number of pyridine rings is 1. The maximum absolute atomic E-state index is 13.7. The molecule has 1 saturated heterocycles. The number of allylic oxidation sites excluding steroid dienone is 1. The van der Waals surface area contributed by atoms with Crippen LogP contribution < -0.4 is 21.5 Å². The van der Waals surface area contributed by atoms with Crippen molar-refractivity contribution in [3.05, 3.63) is 94.0 Å². The van der Waals surface area contributed by atoms with E-state index in [0.29, 0.717) is 30.7 Å². The van der Waals surface area contributed by atoms with Gasteiger partial charge in [0.2, 0.25) is 11.8 Å². The summed E-state index contributed by atoms with van der Waals surface area (Å²) in [6, 6.07) is 8.60. The van der Waals surface area contributed by atoms with Crippen LogP contribution in [0.1, 0.15) is 47.6 Å². The Kier molecular flexibility index (Phi) is 8.70. The minimum absolute atomic E-state index is 0.00746. The zero-order valence-corrected chi connectivity index (χ0v) is 21.6. The second kappa shape index (κ2) is 12.3. The smallest absolute Gasteiger partial charge is 0.278 e. The van der Waals surface area contributed by atoms with Gasteiger partial charge < -0.3 is 25.0 Å². The molecular weight excluding hydrogens is 505 g/mol. The fourth-order valence-corrected chi connectivity index (χ4v) is 4.54. The van der Waals surface area contributed by atoms with Gasteiger partial charge in [-0.3, -0.25) is 19.2 Å². The molecule has 0 aliphatic carbocycles. The Balaban J connectivity index is 1.62. The first-order valence-electron chi connectivity index (χ1n) is 12.7. The maximum atomic E-state index is 13.7. The van der Waals surface area contributed by atoms with E-state index in [9.17, 15) is 23.6 Å². The molecule has 204 valence electrons. The number of halogens is 1. The molecule has 2 aromatic heterocycles. The first kappa shape index (κ1) is 27.5. The van der Waals surface area contributed by atoms with Crippen LogP contribution in [0.15, 0.2) is 70.1 Å². The van der Waals surface area contributed by atoms with Crippen LogP contribution in [-0.2, 0) is 16.0 Å². The molecule has 3 amide bonds. The van der Waals surface area contributed by atoms with Crippen molar-refractivity contribution in [3.63, 3.8) is 0 Å². The van der Waals surface area contributed by atoms with E-state index in [2.05, 4.69) is 21.1 Å². The first-order valence-corrected chi connectivity index (χ1v) is 12.7. The van der Waals surface area contributed by atoms with Crippen molar-refractivity contribution in [2.45, 2.75) is 45.2 Å². The van der Waals surface area contributed by atoms with Crippen LogP contribution in [0.5, 0.6) is 0 Å². The van der Waals surface area contributed by atoms with Crippen molar-refractivity contribution in [1.29, 1.82) is 0 Å². The van der Waals surface area contributed by atoms with Gasteiger partial charge in [-0.2, -0.15) is 0 Å². The highest BCUT2D eigenvalue weighted by Gasteiger charge is 2.29. The second-order valence-electron chi connectivity index (χ2n) is 9.41. The predicted octanol–water partition coefficient (Wildman–Crippen LogP) is 2.91. The number of amides is 3. The molecule has 3 atom stereocenters. The summed E-state index contributed by atoms with van der Waals surface area (Å²) < 4.78 is 19.7.